The highest BCUT2D eigenvalue weighted by atomic mass is 35.5. The molecule has 0 bridgehead atoms. The minimum Gasteiger partial charge on any atom is -0.292 e. The van der Waals surface area contributed by atoms with E-state index in [-0.39, 0.29) is 34.4 Å². The largest absolute Gasteiger partial charge is 0.292 e. The molecule has 0 atom stereocenters. The van der Waals surface area contributed by atoms with Gasteiger partial charge in [-0.15, -0.1) is 0 Å². The number of carbonyl (C=O) groups excluding carboxylic acids is 1. The van der Waals surface area contributed by atoms with E-state index in [0.29, 0.717) is 17.8 Å². The third-order valence-corrected chi connectivity index (χ3v) is 5.66. The molecule has 0 aliphatic carbocycles. The Hall–Kier alpha value is -2.75. The number of ketones is 1. The van der Waals surface area contributed by atoms with E-state index >= 15 is 0 Å². The van der Waals surface area contributed by atoms with Gasteiger partial charge in [0.15, 0.2) is 5.78 Å². The third kappa shape index (κ3) is 5.63. The summed E-state index contributed by atoms with van der Waals surface area (Å²) in [7, 11) is -3.87. The number of sulfonamides is 1. The Morgan fingerprint density at radius 3 is 2.52 bits per heavy atom. The molecule has 2 aromatic heterocycles. The van der Waals surface area contributed by atoms with Crippen molar-refractivity contribution < 1.29 is 17.6 Å². The predicted molar refractivity (Wildman–Crippen MR) is 104 cm³/mol. The van der Waals surface area contributed by atoms with Crippen molar-refractivity contribution in [3.05, 3.63) is 82.9 Å². The van der Waals surface area contributed by atoms with Gasteiger partial charge in [-0.05, 0) is 35.9 Å². The molecular formula is C19H16ClFN4O3S. The lowest BCUT2D eigenvalue weighted by molar-refractivity contribution is 0.0977. The molecule has 0 saturated carbocycles. The molecule has 0 unspecified atom stereocenters. The van der Waals surface area contributed by atoms with Gasteiger partial charge in [0.2, 0.25) is 10.0 Å². The number of aromatic nitrogens is 3. The van der Waals surface area contributed by atoms with Crippen LogP contribution in [0.1, 0.15) is 28.3 Å². The summed E-state index contributed by atoms with van der Waals surface area (Å²) in [5, 5.41) is -0.279. The topological polar surface area (TPSA) is 102 Å². The van der Waals surface area contributed by atoms with Crippen molar-refractivity contribution in [3.8, 4) is 0 Å². The maximum atomic E-state index is 13.2. The molecule has 3 aromatic rings. The number of Topliss-reactive ketones (excluding diaryl/α,β-unsaturated/α-hetero) is 1. The van der Waals surface area contributed by atoms with Gasteiger partial charge in [0.1, 0.15) is 17.3 Å². The number of nitrogens with zero attached hydrogens (tertiary/aromatic N) is 3. The summed E-state index contributed by atoms with van der Waals surface area (Å²) in [6.45, 7) is -0.0450. The van der Waals surface area contributed by atoms with Gasteiger partial charge in [0.05, 0.1) is 9.92 Å². The summed E-state index contributed by atoms with van der Waals surface area (Å²) in [6.07, 6.45) is 5.27. The summed E-state index contributed by atoms with van der Waals surface area (Å²) >= 11 is 5.63. The molecule has 3 rings (SSSR count). The van der Waals surface area contributed by atoms with Crippen molar-refractivity contribution in [2.24, 2.45) is 0 Å². The number of carbonyl (C=O) groups is 1. The highest BCUT2D eigenvalue weighted by Crippen LogP contribution is 2.19. The summed E-state index contributed by atoms with van der Waals surface area (Å²) in [5.74, 6) is -0.285. The van der Waals surface area contributed by atoms with Crippen molar-refractivity contribution >= 4 is 27.4 Å². The van der Waals surface area contributed by atoms with Crippen LogP contribution in [0.15, 0.2) is 59.9 Å². The van der Waals surface area contributed by atoms with Crippen LogP contribution >= 0.6 is 11.6 Å². The van der Waals surface area contributed by atoms with Crippen LogP contribution in [0.3, 0.4) is 0 Å². The van der Waals surface area contributed by atoms with Crippen LogP contribution in [-0.4, -0.2) is 29.2 Å². The predicted octanol–water partition coefficient (Wildman–Crippen LogP) is 2.96. The lowest BCUT2D eigenvalue weighted by atomic mass is 10.1. The zero-order valence-corrected chi connectivity index (χ0v) is 16.6. The van der Waals surface area contributed by atoms with Crippen molar-refractivity contribution in [2.45, 2.75) is 24.3 Å². The Balaban J connectivity index is 1.58. The van der Waals surface area contributed by atoms with Gasteiger partial charge >= 0.3 is 0 Å². The number of aryl methyl sites for hydroxylation is 1. The standard InChI is InChI=1S/C19H16ClFN4O3S/c20-15-10-14(3-4-16(15)21)29(27,28)25-12-13-2-5-17(24-11-13)18(26)6-7-19-22-8-1-9-23-19/h1-5,8-11,25H,6-7,12H2. The normalized spacial score (nSPS) is 11.4. The van der Waals surface area contributed by atoms with E-state index in [2.05, 4.69) is 19.7 Å². The van der Waals surface area contributed by atoms with Gasteiger partial charge in [-0.2, -0.15) is 0 Å². The second kappa shape index (κ2) is 9.17. The Labute approximate surface area is 172 Å². The van der Waals surface area contributed by atoms with E-state index in [1.807, 2.05) is 0 Å². The van der Waals surface area contributed by atoms with Gasteiger partial charge in [0.25, 0.3) is 0 Å². The first-order chi connectivity index (χ1) is 13.8. The van der Waals surface area contributed by atoms with E-state index in [0.717, 1.165) is 18.2 Å². The molecule has 29 heavy (non-hydrogen) atoms. The molecule has 0 aliphatic rings. The molecule has 0 saturated heterocycles. The van der Waals surface area contributed by atoms with Gasteiger partial charge in [0, 0.05) is 38.0 Å². The second-order valence-corrected chi connectivity index (χ2v) is 8.21. The Kier molecular flexibility index (Phi) is 6.63. The summed E-state index contributed by atoms with van der Waals surface area (Å²) in [4.78, 5) is 24.3. The van der Waals surface area contributed by atoms with Crippen LogP contribution in [0, 0.1) is 5.82 Å². The number of rotatable bonds is 8. The second-order valence-electron chi connectivity index (χ2n) is 6.04. The summed E-state index contributed by atoms with van der Waals surface area (Å²) < 4.78 is 40.2. The summed E-state index contributed by atoms with van der Waals surface area (Å²) in [5.41, 5.74) is 0.836. The Morgan fingerprint density at radius 1 is 1.10 bits per heavy atom. The molecule has 10 heteroatoms. The maximum Gasteiger partial charge on any atom is 0.240 e. The smallest absolute Gasteiger partial charge is 0.240 e. The summed E-state index contributed by atoms with van der Waals surface area (Å²) in [6, 6.07) is 7.99. The molecule has 0 spiro atoms. The first-order valence-electron chi connectivity index (χ1n) is 8.54. The molecule has 0 amide bonds. The molecular weight excluding hydrogens is 419 g/mol. The number of benzene rings is 1. The number of nitrogens with one attached hydrogen (secondary N) is 1. The molecule has 0 radical (unpaired) electrons. The molecule has 7 nitrogen and oxygen atoms in total. The number of halogens is 2. The fraction of sp³-hybridized carbons (Fsp3) is 0.158. The third-order valence-electron chi connectivity index (χ3n) is 3.97. The average Bonchev–Trinajstić information content (AvgIpc) is 2.73. The average molecular weight is 435 g/mol. The van der Waals surface area contributed by atoms with Crippen molar-refractivity contribution in [2.75, 3.05) is 0 Å². The van der Waals surface area contributed by atoms with E-state index in [1.54, 1.807) is 24.5 Å². The monoisotopic (exact) mass is 434 g/mol. The van der Waals surface area contributed by atoms with Gasteiger partial charge < -0.3 is 0 Å². The zero-order chi connectivity index (χ0) is 20.9. The minimum atomic E-state index is -3.87. The van der Waals surface area contributed by atoms with Gasteiger partial charge in [-0.3, -0.25) is 9.78 Å². The van der Waals surface area contributed by atoms with E-state index in [1.165, 1.54) is 12.3 Å². The van der Waals surface area contributed by atoms with Gasteiger partial charge in [-0.25, -0.2) is 27.5 Å². The molecule has 1 aromatic carbocycles. The van der Waals surface area contributed by atoms with Crippen LogP contribution in [0.5, 0.6) is 0 Å². The fourth-order valence-electron chi connectivity index (χ4n) is 2.41. The SMILES string of the molecule is O=C(CCc1ncccn1)c1ccc(CNS(=O)(=O)c2ccc(F)c(Cl)c2)cn1. The highest BCUT2D eigenvalue weighted by molar-refractivity contribution is 7.89. The highest BCUT2D eigenvalue weighted by Gasteiger charge is 2.16. The van der Waals surface area contributed by atoms with E-state index in [9.17, 15) is 17.6 Å². The van der Waals surface area contributed by atoms with E-state index in [4.69, 9.17) is 11.6 Å². The zero-order valence-electron chi connectivity index (χ0n) is 15.0. The van der Waals surface area contributed by atoms with E-state index < -0.39 is 15.8 Å². The molecule has 0 fully saturated rings. The Morgan fingerprint density at radius 2 is 1.86 bits per heavy atom. The lowest BCUT2D eigenvalue weighted by Crippen LogP contribution is -2.23. The van der Waals surface area contributed by atoms with Crippen molar-refractivity contribution in [1.29, 1.82) is 0 Å². The quantitative estimate of drug-likeness (QED) is 0.547. The van der Waals surface area contributed by atoms with Gasteiger partial charge in [-0.1, -0.05) is 17.7 Å². The number of hydrogen-bond acceptors (Lipinski definition) is 6. The van der Waals surface area contributed by atoms with Crippen molar-refractivity contribution in [3.63, 3.8) is 0 Å². The Bertz CT molecular complexity index is 1110. The fourth-order valence-corrected chi connectivity index (χ4v) is 3.70. The van der Waals surface area contributed by atoms with Crippen LogP contribution < -0.4 is 4.72 Å². The lowest BCUT2D eigenvalue weighted by Gasteiger charge is -2.08. The first-order valence-corrected chi connectivity index (χ1v) is 10.4. The van der Waals surface area contributed by atoms with Crippen LogP contribution in [0.2, 0.25) is 5.02 Å². The molecule has 1 N–H and O–H groups in total. The number of hydrogen-bond donors (Lipinski definition) is 1. The molecule has 2 heterocycles. The molecule has 0 aliphatic heterocycles. The van der Waals surface area contributed by atoms with Crippen molar-refractivity contribution in [1.82, 2.24) is 19.7 Å². The number of pyridine rings is 1. The molecule has 150 valence electrons. The van der Waals surface area contributed by atoms with Crippen LogP contribution in [-0.2, 0) is 23.0 Å². The maximum absolute atomic E-state index is 13.2. The van der Waals surface area contributed by atoms with Crippen LogP contribution in [0.4, 0.5) is 4.39 Å². The van der Waals surface area contributed by atoms with Crippen LogP contribution in [0.25, 0.3) is 0 Å². The minimum absolute atomic E-state index is 0.0450. The first kappa shape index (κ1) is 21.0.